The number of unbranched alkanes of at least 4 members (excludes halogenated alkanes) is 5. The van der Waals surface area contributed by atoms with Gasteiger partial charge in [0.1, 0.15) is 5.76 Å². The van der Waals surface area contributed by atoms with Crippen molar-refractivity contribution in [3.05, 3.63) is 35.4 Å². The number of anilines is 1. The minimum atomic E-state index is -3.57. The molecule has 0 bridgehead atoms. The van der Waals surface area contributed by atoms with Gasteiger partial charge in [0, 0.05) is 11.6 Å². The Bertz CT molecular complexity index is 811. The predicted molar refractivity (Wildman–Crippen MR) is 102 cm³/mol. The van der Waals surface area contributed by atoms with Gasteiger partial charge in [-0.05, 0) is 12.5 Å². The maximum Gasteiger partial charge on any atom is 0.235 e. The van der Waals surface area contributed by atoms with Gasteiger partial charge in [0.2, 0.25) is 21.6 Å². The van der Waals surface area contributed by atoms with Crippen molar-refractivity contribution in [3.8, 4) is 0 Å². The van der Waals surface area contributed by atoms with Crippen molar-refractivity contribution >= 4 is 33.0 Å². The second-order valence-corrected chi connectivity index (χ2v) is 8.17. The molecule has 1 aliphatic rings. The van der Waals surface area contributed by atoms with E-state index in [0.717, 1.165) is 25.5 Å². The standard InChI is InChI=1S/C19H25NO5S/c1-3-4-5-6-7-8-12-25-17-13-16(21)19(22)18-14(17)10-9-11-15(18)20-26(2,23)24/h9-11,13,20H,3-8,12H2,1-2H3. The van der Waals surface area contributed by atoms with Crippen LogP contribution in [0, 0.1) is 0 Å². The van der Waals surface area contributed by atoms with Crippen LogP contribution in [0.3, 0.4) is 0 Å². The molecule has 1 aliphatic carbocycles. The molecule has 0 aliphatic heterocycles. The van der Waals surface area contributed by atoms with E-state index < -0.39 is 21.6 Å². The average molecular weight is 379 g/mol. The SMILES string of the molecule is CCCCCCCCOC1=CC(=O)C(=O)c2c(NS(C)(=O)=O)cccc21. The van der Waals surface area contributed by atoms with Gasteiger partial charge < -0.3 is 4.74 Å². The Hall–Kier alpha value is -2.15. The highest BCUT2D eigenvalue weighted by molar-refractivity contribution is 7.92. The first-order chi connectivity index (χ1) is 12.3. The van der Waals surface area contributed by atoms with E-state index in [2.05, 4.69) is 11.6 Å². The van der Waals surface area contributed by atoms with Gasteiger partial charge in [-0.25, -0.2) is 8.42 Å². The molecule has 0 unspecified atom stereocenters. The number of hydrogen-bond donors (Lipinski definition) is 1. The van der Waals surface area contributed by atoms with Crippen LogP contribution in [0.25, 0.3) is 5.76 Å². The van der Waals surface area contributed by atoms with E-state index in [4.69, 9.17) is 4.74 Å². The molecule has 6 nitrogen and oxygen atoms in total. The number of benzene rings is 1. The van der Waals surface area contributed by atoms with Gasteiger partial charge in [0.15, 0.2) is 0 Å². The Labute approximate surface area is 154 Å². The van der Waals surface area contributed by atoms with Crippen LogP contribution in [-0.2, 0) is 19.6 Å². The molecule has 0 amide bonds. The lowest BCUT2D eigenvalue weighted by molar-refractivity contribution is -0.111. The molecule has 0 aromatic heterocycles. The Balaban J connectivity index is 2.11. The van der Waals surface area contributed by atoms with Crippen LogP contribution in [0.1, 0.15) is 61.4 Å². The summed E-state index contributed by atoms with van der Waals surface area (Å²) in [7, 11) is -3.57. The molecule has 1 aromatic rings. The molecule has 2 rings (SSSR count). The molecular weight excluding hydrogens is 354 g/mol. The zero-order chi connectivity index (χ0) is 19.2. The summed E-state index contributed by atoms with van der Waals surface area (Å²) >= 11 is 0. The van der Waals surface area contributed by atoms with Gasteiger partial charge in [-0.2, -0.15) is 0 Å². The minimum absolute atomic E-state index is 0.0448. The van der Waals surface area contributed by atoms with Crippen LogP contribution >= 0.6 is 0 Å². The van der Waals surface area contributed by atoms with Crippen molar-refractivity contribution in [3.63, 3.8) is 0 Å². The van der Waals surface area contributed by atoms with E-state index in [0.29, 0.717) is 17.9 Å². The molecule has 142 valence electrons. The lowest BCUT2D eigenvalue weighted by Gasteiger charge is -2.20. The minimum Gasteiger partial charge on any atom is -0.493 e. The third kappa shape index (κ3) is 5.42. The zero-order valence-electron chi connectivity index (χ0n) is 15.2. The summed E-state index contributed by atoms with van der Waals surface area (Å²) in [5, 5.41) is 0. The van der Waals surface area contributed by atoms with Crippen molar-refractivity contribution in [1.82, 2.24) is 0 Å². The van der Waals surface area contributed by atoms with Crippen molar-refractivity contribution in [2.45, 2.75) is 45.4 Å². The van der Waals surface area contributed by atoms with Crippen LogP contribution in [0.15, 0.2) is 24.3 Å². The molecule has 0 atom stereocenters. The summed E-state index contributed by atoms with van der Waals surface area (Å²) < 4.78 is 31.1. The molecule has 0 saturated heterocycles. The summed E-state index contributed by atoms with van der Waals surface area (Å²) in [5.41, 5.74) is 0.578. The van der Waals surface area contributed by atoms with Gasteiger partial charge in [-0.15, -0.1) is 0 Å². The summed E-state index contributed by atoms with van der Waals surface area (Å²) in [6.45, 7) is 2.61. The molecule has 0 fully saturated rings. The van der Waals surface area contributed by atoms with Gasteiger partial charge >= 0.3 is 0 Å². The Morgan fingerprint density at radius 1 is 1.04 bits per heavy atom. The number of fused-ring (bicyclic) bond motifs is 1. The molecular formula is C19H25NO5S. The zero-order valence-corrected chi connectivity index (χ0v) is 16.0. The fraction of sp³-hybridized carbons (Fsp3) is 0.474. The number of carbonyl (C=O) groups excluding carboxylic acids is 2. The predicted octanol–water partition coefficient (Wildman–Crippen LogP) is 3.54. The van der Waals surface area contributed by atoms with Crippen molar-refractivity contribution in [2.75, 3.05) is 17.6 Å². The van der Waals surface area contributed by atoms with Crippen LogP contribution in [-0.4, -0.2) is 32.8 Å². The number of Topliss-reactive ketones (excluding diaryl/α,β-unsaturated/α-hetero) is 1. The quantitative estimate of drug-likeness (QED) is 0.496. The first-order valence-electron chi connectivity index (χ1n) is 8.88. The molecule has 1 N–H and O–H groups in total. The first-order valence-corrected chi connectivity index (χ1v) is 10.8. The summed E-state index contributed by atoms with van der Waals surface area (Å²) in [5.74, 6) is -1.13. The monoisotopic (exact) mass is 379 g/mol. The van der Waals surface area contributed by atoms with Crippen LogP contribution in [0.5, 0.6) is 0 Å². The van der Waals surface area contributed by atoms with E-state index in [1.807, 2.05) is 0 Å². The summed E-state index contributed by atoms with van der Waals surface area (Å²) in [6.07, 6.45) is 8.86. The van der Waals surface area contributed by atoms with E-state index in [1.165, 1.54) is 31.4 Å². The molecule has 26 heavy (non-hydrogen) atoms. The highest BCUT2D eigenvalue weighted by Crippen LogP contribution is 2.31. The number of ketones is 2. The van der Waals surface area contributed by atoms with E-state index >= 15 is 0 Å². The number of nitrogens with one attached hydrogen (secondary N) is 1. The fourth-order valence-corrected chi connectivity index (χ4v) is 3.43. The number of ether oxygens (including phenoxy) is 1. The van der Waals surface area contributed by atoms with Crippen molar-refractivity contribution in [1.29, 1.82) is 0 Å². The van der Waals surface area contributed by atoms with Crippen molar-refractivity contribution in [2.24, 2.45) is 0 Å². The lowest BCUT2D eigenvalue weighted by Crippen LogP contribution is -2.23. The second kappa shape index (κ2) is 8.98. The topological polar surface area (TPSA) is 89.5 Å². The second-order valence-electron chi connectivity index (χ2n) is 6.42. The Morgan fingerprint density at radius 3 is 2.42 bits per heavy atom. The number of sulfonamides is 1. The Kier molecular flexibility index (Phi) is 6.97. The molecule has 0 radical (unpaired) electrons. The Morgan fingerprint density at radius 2 is 1.73 bits per heavy atom. The summed E-state index contributed by atoms with van der Waals surface area (Å²) in [6, 6.07) is 4.74. The fourth-order valence-electron chi connectivity index (χ4n) is 2.86. The normalized spacial score (nSPS) is 14.0. The van der Waals surface area contributed by atoms with Gasteiger partial charge in [-0.1, -0.05) is 51.2 Å². The first kappa shape index (κ1) is 20.2. The number of allylic oxidation sites excluding steroid dienone is 1. The third-order valence-corrected chi connectivity index (χ3v) is 4.68. The highest BCUT2D eigenvalue weighted by atomic mass is 32.2. The van der Waals surface area contributed by atoms with Crippen LogP contribution < -0.4 is 4.72 Å². The van der Waals surface area contributed by atoms with E-state index in [9.17, 15) is 18.0 Å². The smallest absolute Gasteiger partial charge is 0.235 e. The number of carbonyl (C=O) groups is 2. The molecule has 0 heterocycles. The molecule has 0 spiro atoms. The maximum atomic E-state index is 12.3. The summed E-state index contributed by atoms with van der Waals surface area (Å²) in [4.78, 5) is 24.3. The largest absolute Gasteiger partial charge is 0.493 e. The average Bonchev–Trinajstić information content (AvgIpc) is 2.56. The van der Waals surface area contributed by atoms with Gasteiger partial charge in [0.05, 0.1) is 24.1 Å². The van der Waals surface area contributed by atoms with E-state index in [1.54, 1.807) is 12.1 Å². The number of rotatable bonds is 10. The number of hydrogen-bond acceptors (Lipinski definition) is 5. The van der Waals surface area contributed by atoms with Crippen LogP contribution in [0.4, 0.5) is 5.69 Å². The molecule has 0 saturated carbocycles. The van der Waals surface area contributed by atoms with Crippen molar-refractivity contribution < 1.29 is 22.7 Å². The molecule has 1 aromatic carbocycles. The van der Waals surface area contributed by atoms with Gasteiger partial charge in [0.25, 0.3) is 0 Å². The maximum absolute atomic E-state index is 12.3. The molecule has 7 heteroatoms. The lowest BCUT2D eigenvalue weighted by atomic mass is 9.92. The van der Waals surface area contributed by atoms with Gasteiger partial charge in [-0.3, -0.25) is 14.3 Å². The third-order valence-electron chi connectivity index (χ3n) is 4.09. The van der Waals surface area contributed by atoms with Crippen LogP contribution in [0.2, 0.25) is 0 Å². The highest BCUT2D eigenvalue weighted by Gasteiger charge is 2.30. The van der Waals surface area contributed by atoms with E-state index in [-0.39, 0.29) is 11.3 Å².